The molecule has 3 rings (SSSR count). The number of benzene rings is 3. The normalized spacial score (nSPS) is 13.1. The average Bonchev–Trinajstić information content (AvgIpc) is 2.64. The molecule has 3 aromatic carbocycles. The summed E-state index contributed by atoms with van der Waals surface area (Å²) >= 11 is 0. The fourth-order valence-corrected chi connectivity index (χ4v) is 4.49. The molecule has 164 valence electrons. The van der Waals surface area contributed by atoms with E-state index in [1.54, 1.807) is 0 Å². The third-order valence-corrected chi connectivity index (χ3v) is 6.61. The summed E-state index contributed by atoms with van der Waals surface area (Å²) in [5.41, 5.74) is -0.494. The van der Waals surface area contributed by atoms with Crippen molar-refractivity contribution < 1.29 is 39.5 Å². The van der Waals surface area contributed by atoms with Gasteiger partial charge in [0.25, 0.3) is 10.1 Å². The maximum atomic E-state index is 12.3. The molecule has 0 aliphatic carbocycles. The van der Waals surface area contributed by atoms with Crippen LogP contribution in [0.25, 0.3) is 10.8 Å². The van der Waals surface area contributed by atoms with Gasteiger partial charge in [-0.15, -0.1) is 0 Å². The molecule has 0 aliphatic heterocycles. The van der Waals surface area contributed by atoms with Crippen molar-refractivity contribution in [3.05, 3.63) is 48.5 Å². The zero-order chi connectivity index (χ0) is 23.2. The fraction of sp³-hybridized carbons (Fsp3) is 0. The lowest BCUT2D eigenvalue weighted by Gasteiger charge is -2.16. The van der Waals surface area contributed by atoms with Crippen LogP contribution in [-0.4, -0.2) is 34.4 Å². The standard InChI is InChI=1S/C16H13N3O9S3/c17-29(21,22)11-4-2-10(3-5-11)18-19-16-13(20)6-1-9-7-12(30(23,24)25)8-14(15(9)16)31(26,27)28/h1-8,20H,(H2,17,21,22)(H,23,24,25)(H,26,27,28)/p-2. The summed E-state index contributed by atoms with van der Waals surface area (Å²) < 4.78 is 89.7. The second-order valence-corrected chi connectivity index (χ2v) is 10.4. The molecule has 15 heteroatoms. The van der Waals surface area contributed by atoms with E-state index in [0.717, 1.165) is 30.3 Å². The monoisotopic (exact) mass is 485 g/mol. The average molecular weight is 485 g/mol. The van der Waals surface area contributed by atoms with Crippen LogP contribution in [0.5, 0.6) is 5.75 Å². The summed E-state index contributed by atoms with van der Waals surface area (Å²) in [6.07, 6.45) is 0. The molecule has 0 fully saturated rings. The lowest BCUT2D eigenvalue weighted by Crippen LogP contribution is -2.11. The fourth-order valence-electron chi connectivity index (χ4n) is 2.62. The first-order valence-electron chi connectivity index (χ1n) is 7.94. The Labute approximate surface area is 176 Å². The van der Waals surface area contributed by atoms with Crippen molar-refractivity contribution in [3.63, 3.8) is 0 Å². The molecular weight excluding hydrogens is 474 g/mol. The lowest BCUT2D eigenvalue weighted by atomic mass is 10.1. The van der Waals surface area contributed by atoms with Crippen molar-refractivity contribution in [3.8, 4) is 5.75 Å². The topological polar surface area (TPSA) is 220 Å². The number of hydrogen-bond acceptors (Lipinski definition) is 10. The Bertz CT molecular complexity index is 1550. The van der Waals surface area contributed by atoms with Crippen LogP contribution in [-0.2, 0) is 30.3 Å². The van der Waals surface area contributed by atoms with Crippen molar-refractivity contribution in [2.75, 3.05) is 0 Å². The highest BCUT2D eigenvalue weighted by Gasteiger charge is 2.20. The van der Waals surface area contributed by atoms with Crippen LogP contribution < -0.4 is 10.2 Å². The lowest BCUT2D eigenvalue weighted by molar-refractivity contribution is -0.267. The first-order valence-corrected chi connectivity index (χ1v) is 12.3. The Morgan fingerprint density at radius 3 is 1.97 bits per heavy atom. The number of rotatable bonds is 5. The van der Waals surface area contributed by atoms with Gasteiger partial charge >= 0.3 is 0 Å². The van der Waals surface area contributed by atoms with Crippen molar-refractivity contribution in [1.82, 2.24) is 0 Å². The SMILES string of the molecule is NS(=O)(=O)c1ccc(N=Nc2c([O-])ccc3cc(S(=O)(=O)[O-])cc(S(=O)(=O)O)c23)cc1. The van der Waals surface area contributed by atoms with Gasteiger partial charge in [0.15, 0.2) is 0 Å². The molecule has 0 saturated carbocycles. The summed E-state index contributed by atoms with van der Waals surface area (Å²) in [4.78, 5) is -2.16. The highest BCUT2D eigenvalue weighted by atomic mass is 32.2. The van der Waals surface area contributed by atoms with Gasteiger partial charge in [0.2, 0.25) is 10.0 Å². The molecule has 12 nitrogen and oxygen atoms in total. The van der Waals surface area contributed by atoms with Gasteiger partial charge < -0.3 is 9.66 Å². The largest absolute Gasteiger partial charge is 0.871 e. The van der Waals surface area contributed by atoms with E-state index in [1.165, 1.54) is 12.1 Å². The molecule has 0 atom stereocenters. The number of primary sulfonamides is 1. The second-order valence-electron chi connectivity index (χ2n) is 6.10. The summed E-state index contributed by atoms with van der Waals surface area (Å²) in [5.74, 6) is -0.819. The first-order chi connectivity index (χ1) is 14.2. The van der Waals surface area contributed by atoms with E-state index < -0.39 is 56.9 Å². The van der Waals surface area contributed by atoms with Gasteiger partial charge in [-0.25, -0.2) is 22.0 Å². The van der Waals surface area contributed by atoms with Crippen LogP contribution >= 0.6 is 0 Å². The minimum absolute atomic E-state index is 0.0657. The number of nitrogens with zero attached hydrogens (tertiary/aromatic N) is 2. The van der Waals surface area contributed by atoms with E-state index in [4.69, 9.17) is 5.14 Å². The predicted octanol–water partition coefficient (Wildman–Crippen LogP) is 1.13. The van der Waals surface area contributed by atoms with Crippen molar-refractivity contribution in [1.29, 1.82) is 0 Å². The summed E-state index contributed by atoms with van der Waals surface area (Å²) in [6.45, 7) is 0. The van der Waals surface area contributed by atoms with Crippen LogP contribution in [0.4, 0.5) is 11.4 Å². The zero-order valence-electron chi connectivity index (χ0n) is 15.0. The van der Waals surface area contributed by atoms with Gasteiger partial charge in [-0.1, -0.05) is 17.9 Å². The van der Waals surface area contributed by atoms with Crippen LogP contribution in [0.1, 0.15) is 0 Å². The molecule has 0 radical (unpaired) electrons. The number of fused-ring (bicyclic) bond motifs is 1. The Morgan fingerprint density at radius 2 is 1.45 bits per heavy atom. The molecule has 3 N–H and O–H groups in total. The summed E-state index contributed by atoms with van der Waals surface area (Å²) in [6, 6.07) is 7.91. The number of azo groups is 1. The molecule has 0 heterocycles. The van der Waals surface area contributed by atoms with Gasteiger partial charge in [0.1, 0.15) is 15.0 Å². The van der Waals surface area contributed by atoms with E-state index in [-0.39, 0.29) is 16.0 Å². The minimum Gasteiger partial charge on any atom is -0.871 e. The van der Waals surface area contributed by atoms with Gasteiger partial charge in [0.05, 0.1) is 21.2 Å². The molecule has 0 spiro atoms. The minimum atomic E-state index is -5.09. The summed E-state index contributed by atoms with van der Waals surface area (Å²) in [5, 5.41) is 24.1. The van der Waals surface area contributed by atoms with Gasteiger partial charge in [-0.2, -0.15) is 18.6 Å². The van der Waals surface area contributed by atoms with Crippen LogP contribution in [0.3, 0.4) is 0 Å². The maximum Gasteiger partial charge on any atom is 0.295 e. The number of nitrogens with two attached hydrogens (primary N) is 1. The first kappa shape index (κ1) is 22.7. The Morgan fingerprint density at radius 1 is 0.839 bits per heavy atom. The molecule has 0 amide bonds. The van der Waals surface area contributed by atoms with E-state index in [1.807, 2.05) is 0 Å². The zero-order valence-corrected chi connectivity index (χ0v) is 17.5. The quantitative estimate of drug-likeness (QED) is 0.390. The molecule has 3 aromatic rings. The van der Waals surface area contributed by atoms with Crippen molar-refractivity contribution in [2.24, 2.45) is 15.4 Å². The van der Waals surface area contributed by atoms with Crippen LogP contribution in [0.15, 0.2) is 73.4 Å². The van der Waals surface area contributed by atoms with Crippen molar-refractivity contribution in [2.45, 2.75) is 14.7 Å². The van der Waals surface area contributed by atoms with E-state index in [9.17, 15) is 39.5 Å². The third kappa shape index (κ3) is 4.87. The van der Waals surface area contributed by atoms with Gasteiger partial charge in [-0.3, -0.25) is 4.55 Å². The van der Waals surface area contributed by atoms with E-state index in [0.29, 0.717) is 6.07 Å². The molecule has 31 heavy (non-hydrogen) atoms. The molecule has 0 unspecified atom stereocenters. The van der Waals surface area contributed by atoms with Crippen molar-refractivity contribution >= 4 is 52.4 Å². The summed E-state index contributed by atoms with van der Waals surface area (Å²) in [7, 11) is -14.1. The Balaban J connectivity index is 2.25. The van der Waals surface area contributed by atoms with Crippen LogP contribution in [0, 0.1) is 0 Å². The van der Waals surface area contributed by atoms with Gasteiger partial charge in [-0.05, 0) is 41.8 Å². The third-order valence-electron chi connectivity index (χ3n) is 3.99. The maximum absolute atomic E-state index is 12.3. The highest BCUT2D eigenvalue weighted by molar-refractivity contribution is 7.89. The Kier molecular flexibility index (Phi) is 5.59. The molecule has 0 aromatic heterocycles. The number of hydrogen-bond donors (Lipinski definition) is 2. The number of sulfonamides is 1. The highest BCUT2D eigenvalue weighted by Crippen LogP contribution is 2.39. The Hall–Kier alpha value is -2.95. The second kappa shape index (κ2) is 7.63. The van der Waals surface area contributed by atoms with Crippen LogP contribution in [0.2, 0.25) is 0 Å². The van der Waals surface area contributed by atoms with E-state index >= 15 is 0 Å². The smallest absolute Gasteiger partial charge is 0.295 e. The molecular formula is C16H11N3O9S3-2. The molecule has 0 bridgehead atoms. The predicted molar refractivity (Wildman–Crippen MR) is 103 cm³/mol. The molecule has 0 aliphatic rings. The van der Waals surface area contributed by atoms with Gasteiger partial charge in [0, 0.05) is 5.39 Å². The molecule has 0 saturated heterocycles. The van der Waals surface area contributed by atoms with E-state index in [2.05, 4.69) is 10.2 Å².